The zero-order chi connectivity index (χ0) is 13.7. The van der Waals surface area contributed by atoms with E-state index < -0.39 is 0 Å². The second kappa shape index (κ2) is 6.31. The van der Waals surface area contributed by atoms with Gasteiger partial charge in [0, 0.05) is 11.1 Å². The highest BCUT2D eigenvalue weighted by Gasteiger charge is 1.99. The highest BCUT2D eigenvalue weighted by atomic mass is 35.5. The number of aromatic nitrogens is 2. The molecule has 0 fully saturated rings. The first kappa shape index (κ1) is 13.5. The van der Waals surface area contributed by atoms with Crippen LogP contribution in [0.4, 0.5) is 5.82 Å². The molecule has 0 aliphatic rings. The summed E-state index contributed by atoms with van der Waals surface area (Å²) in [5.74, 6) is 0.0433. The lowest BCUT2D eigenvalue weighted by atomic mass is 10.2. The van der Waals surface area contributed by atoms with Gasteiger partial charge in [-0.3, -0.25) is 4.79 Å². The van der Waals surface area contributed by atoms with Crippen LogP contribution >= 0.6 is 23.2 Å². The molecule has 0 aliphatic carbocycles. The molecule has 1 heterocycles. The Morgan fingerprint density at radius 3 is 2.42 bits per heavy atom. The summed E-state index contributed by atoms with van der Waals surface area (Å²) in [7, 11) is 0. The van der Waals surface area contributed by atoms with E-state index in [1.165, 1.54) is 6.08 Å². The number of nitrogens with zero attached hydrogens (tertiary/aromatic N) is 2. The van der Waals surface area contributed by atoms with Gasteiger partial charge in [-0.05, 0) is 35.9 Å². The van der Waals surface area contributed by atoms with Crippen molar-refractivity contribution in [1.29, 1.82) is 0 Å². The Morgan fingerprint density at radius 2 is 1.79 bits per heavy atom. The van der Waals surface area contributed by atoms with Crippen LogP contribution in [0.3, 0.4) is 0 Å². The molecule has 0 unspecified atom stereocenters. The van der Waals surface area contributed by atoms with Gasteiger partial charge in [0.05, 0.1) is 0 Å². The van der Waals surface area contributed by atoms with E-state index in [2.05, 4.69) is 15.5 Å². The van der Waals surface area contributed by atoms with Gasteiger partial charge >= 0.3 is 0 Å². The van der Waals surface area contributed by atoms with E-state index in [-0.39, 0.29) is 11.1 Å². The monoisotopic (exact) mass is 293 g/mol. The quantitative estimate of drug-likeness (QED) is 0.882. The van der Waals surface area contributed by atoms with Gasteiger partial charge in [0.2, 0.25) is 5.91 Å². The van der Waals surface area contributed by atoms with Crippen LogP contribution in [0.5, 0.6) is 0 Å². The predicted octanol–water partition coefficient (Wildman–Crippen LogP) is 3.44. The van der Waals surface area contributed by atoms with Gasteiger partial charge in [-0.1, -0.05) is 35.3 Å². The number of hydrogen-bond acceptors (Lipinski definition) is 3. The van der Waals surface area contributed by atoms with Crippen LogP contribution in [0.2, 0.25) is 10.2 Å². The molecular weight excluding hydrogens is 285 g/mol. The molecule has 0 radical (unpaired) electrons. The van der Waals surface area contributed by atoms with Gasteiger partial charge < -0.3 is 5.32 Å². The molecule has 1 aromatic carbocycles. The van der Waals surface area contributed by atoms with Gasteiger partial charge in [0.1, 0.15) is 0 Å². The largest absolute Gasteiger partial charge is 0.306 e. The fraction of sp³-hybridized carbons (Fsp3) is 0. The topological polar surface area (TPSA) is 54.9 Å². The lowest BCUT2D eigenvalue weighted by molar-refractivity contribution is -0.111. The van der Waals surface area contributed by atoms with Crippen molar-refractivity contribution >= 4 is 41.0 Å². The fourth-order valence-electron chi connectivity index (χ4n) is 1.30. The fourth-order valence-corrected chi connectivity index (χ4v) is 1.52. The summed E-state index contributed by atoms with van der Waals surface area (Å²) in [5.41, 5.74) is 0.877. The molecule has 1 aromatic heterocycles. The second-order valence-corrected chi connectivity index (χ2v) is 4.44. The van der Waals surface area contributed by atoms with Crippen molar-refractivity contribution in [2.24, 2.45) is 0 Å². The van der Waals surface area contributed by atoms with E-state index in [0.717, 1.165) is 5.56 Å². The van der Waals surface area contributed by atoms with Crippen LogP contribution < -0.4 is 5.32 Å². The predicted molar refractivity (Wildman–Crippen MR) is 76.2 cm³/mol. The number of anilines is 1. The summed E-state index contributed by atoms with van der Waals surface area (Å²) in [5, 5.41) is 10.8. The molecule has 2 aromatic rings. The van der Waals surface area contributed by atoms with Crippen molar-refractivity contribution in [1.82, 2.24) is 10.2 Å². The van der Waals surface area contributed by atoms with Gasteiger partial charge in [0.15, 0.2) is 11.0 Å². The molecule has 0 saturated carbocycles. The number of benzene rings is 1. The summed E-state index contributed by atoms with van der Waals surface area (Å²) < 4.78 is 0. The SMILES string of the molecule is O=C(/C=C/c1ccc(Cl)cc1)Nc1ccc(Cl)nn1. The highest BCUT2D eigenvalue weighted by molar-refractivity contribution is 6.30. The Kier molecular flexibility index (Phi) is 4.49. The van der Waals surface area contributed by atoms with E-state index in [9.17, 15) is 4.79 Å². The van der Waals surface area contributed by atoms with Crippen molar-refractivity contribution in [3.63, 3.8) is 0 Å². The molecule has 0 saturated heterocycles. The zero-order valence-electron chi connectivity index (χ0n) is 9.68. The molecule has 0 aliphatic heterocycles. The van der Waals surface area contributed by atoms with Crippen LogP contribution in [0, 0.1) is 0 Å². The Bertz CT molecular complexity index is 594. The Morgan fingerprint density at radius 1 is 1.05 bits per heavy atom. The first-order chi connectivity index (χ1) is 9.13. The Labute approximate surface area is 120 Å². The molecule has 0 atom stereocenters. The van der Waals surface area contributed by atoms with E-state index in [1.54, 1.807) is 30.3 Å². The Balaban J connectivity index is 1.97. The summed E-state index contributed by atoms with van der Waals surface area (Å²) >= 11 is 11.4. The van der Waals surface area contributed by atoms with Crippen LogP contribution in [-0.4, -0.2) is 16.1 Å². The summed E-state index contributed by atoms with van der Waals surface area (Å²) in [6.45, 7) is 0. The zero-order valence-corrected chi connectivity index (χ0v) is 11.2. The van der Waals surface area contributed by atoms with Crippen LogP contribution in [-0.2, 0) is 4.79 Å². The first-order valence-corrected chi connectivity index (χ1v) is 6.13. The number of halogens is 2. The molecule has 1 amide bonds. The third-order valence-corrected chi connectivity index (χ3v) is 2.63. The molecule has 96 valence electrons. The maximum Gasteiger partial charge on any atom is 0.249 e. The van der Waals surface area contributed by atoms with Crippen molar-refractivity contribution in [2.75, 3.05) is 5.32 Å². The maximum absolute atomic E-state index is 11.6. The van der Waals surface area contributed by atoms with Crippen LogP contribution in [0.25, 0.3) is 6.08 Å². The minimum Gasteiger partial charge on any atom is -0.306 e. The van der Waals surface area contributed by atoms with Crippen LogP contribution in [0.1, 0.15) is 5.56 Å². The number of carbonyl (C=O) groups is 1. The minimum absolute atomic E-state index is 0.273. The van der Waals surface area contributed by atoms with Crippen molar-refractivity contribution in [3.05, 3.63) is 58.2 Å². The van der Waals surface area contributed by atoms with Crippen LogP contribution in [0.15, 0.2) is 42.5 Å². The molecule has 0 bridgehead atoms. The van der Waals surface area contributed by atoms with Crippen molar-refractivity contribution in [2.45, 2.75) is 0 Å². The average Bonchev–Trinajstić information content (AvgIpc) is 2.41. The lowest BCUT2D eigenvalue weighted by Crippen LogP contribution is -2.09. The average molecular weight is 294 g/mol. The molecule has 4 nitrogen and oxygen atoms in total. The lowest BCUT2D eigenvalue weighted by Gasteiger charge is -1.99. The van der Waals surface area contributed by atoms with Gasteiger partial charge in [-0.15, -0.1) is 10.2 Å². The first-order valence-electron chi connectivity index (χ1n) is 5.37. The van der Waals surface area contributed by atoms with Gasteiger partial charge in [-0.2, -0.15) is 0 Å². The minimum atomic E-state index is -0.299. The standard InChI is InChI=1S/C13H9Cl2N3O/c14-10-4-1-9(2-5-10)3-8-13(19)16-12-7-6-11(15)17-18-12/h1-8H,(H,16,18,19)/b8-3+. The third-order valence-electron chi connectivity index (χ3n) is 2.18. The van der Waals surface area contributed by atoms with E-state index in [0.29, 0.717) is 10.8 Å². The number of carbonyl (C=O) groups excluding carboxylic acids is 1. The van der Waals surface area contributed by atoms with E-state index in [1.807, 2.05) is 12.1 Å². The van der Waals surface area contributed by atoms with E-state index in [4.69, 9.17) is 23.2 Å². The number of rotatable bonds is 3. The molecule has 2 rings (SSSR count). The molecular formula is C13H9Cl2N3O. The molecule has 0 spiro atoms. The summed E-state index contributed by atoms with van der Waals surface area (Å²) in [4.78, 5) is 11.6. The molecule has 19 heavy (non-hydrogen) atoms. The maximum atomic E-state index is 11.6. The normalized spacial score (nSPS) is 10.6. The number of amides is 1. The molecule has 6 heteroatoms. The van der Waals surface area contributed by atoms with E-state index >= 15 is 0 Å². The smallest absolute Gasteiger partial charge is 0.249 e. The Hall–Kier alpha value is -1.91. The molecule has 1 N–H and O–H groups in total. The van der Waals surface area contributed by atoms with Crippen molar-refractivity contribution < 1.29 is 4.79 Å². The highest BCUT2D eigenvalue weighted by Crippen LogP contribution is 2.11. The van der Waals surface area contributed by atoms with Gasteiger partial charge in [-0.25, -0.2) is 0 Å². The van der Waals surface area contributed by atoms with Crippen molar-refractivity contribution in [3.8, 4) is 0 Å². The number of nitrogens with one attached hydrogen (secondary N) is 1. The summed E-state index contributed by atoms with van der Waals surface area (Å²) in [6, 6.07) is 10.3. The second-order valence-electron chi connectivity index (χ2n) is 3.62. The summed E-state index contributed by atoms with van der Waals surface area (Å²) in [6.07, 6.45) is 3.08. The third kappa shape index (κ3) is 4.35. The number of hydrogen-bond donors (Lipinski definition) is 1. The van der Waals surface area contributed by atoms with Gasteiger partial charge in [0.25, 0.3) is 0 Å².